The van der Waals surface area contributed by atoms with Crippen LogP contribution >= 0.6 is 23.2 Å². The second-order valence-corrected chi connectivity index (χ2v) is 9.28. The number of hydrogen-bond donors (Lipinski definition) is 1. The number of anilines is 1. The van der Waals surface area contributed by atoms with Crippen molar-refractivity contribution in [1.82, 2.24) is 9.80 Å². The molecule has 2 amide bonds. The number of carbonyl (C=O) groups excluding carboxylic acids is 2. The van der Waals surface area contributed by atoms with Crippen LogP contribution in [0.15, 0.2) is 42.5 Å². The molecule has 4 rings (SSSR count). The maximum absolute atomic E-state index is 13.1. The molecule has 1 atom stereocenters. The number of amides is 2. The summed E-state index contributed by atoms with van der Waals surface area (Å²) in [6, 6.07) is 11.5. The largest absolute Gasteiger partial charge is 0.382 e. The predicted molar refractivity (Wildman–Crippen MR) is 125 cm³/mol. The van der Waals surface area contributed by atoms with Crippen molar-refractivity contribution in [2.24, 2.45) is 5.92 Å². The summed E-state index contributed by atoms with van der Waals surface area (Å²) in [6.45, 7) is 2.40. The number of carbonyl (C=O) groups is 2. The molecule has 2 aromatic carbocycles. The van der Waals surface area contributed by atoms with Gasteiger partial charge in [0.05, 0.1) is 16.0 Å². The number of halogens is 3. The van der Waals surface area contributed by atoms with Gasteiger partial charge in [-0.05, 0) is 68.1 Å². The minimum atomic E-state index is -0.255. The summed E-state index contributed by atoms with van der Waals surface area (Å²) in [6.07, 6.45) is 3.26. The van der Waals surface area contributed by atoms with E-state index in [1.165, 1.54) is 12.1 Å². The fourth-order valence-electron chi connectivity index (χ4n) is 4.46. The van der Waals surface area contributed by atoms with Gasteiger partial charge in [-0.1, -0.05) is 23.2 Å². The van der Waals surface area contributed by atoms with Gasteiger partial charge in [-0.15, -0.1) is 0 Å². The molecular formula is C24H26Cl2FN3O2. The molecule has 2 fully saturated rings. The summed E-state index contributed by atoms with van der Waals surface area (Å²) < 4.78 is 13.1. The zero-order chi connectivity index (χ0) is 22.7. The Morgan fingerprint density at radius 1 is 0.906 bits per heavy atom. The Hall–Kier alpha value is -2.31. The number of nitrogens with zero attached hydrogens (tertiary/aromatic N) is 2. The van der Waals surface area contributed by atoms with E-state index >= 15 is 0 Å². The van der Waals surface area contributed by atoms with Gasteiger partial charge < -0.3 is 15.1 Å². The highest BCUT2D eigenvalue weighted by Gasteiger charge is 2.33. The molecule has 2 saturated heterocycles. The Morgan fingerprint density at radius 2 is 1.62 bits per heavy atom. The molecule has 0 spiro atoms. The van der Waals surface area contributed by atoms with Crippen LogP contribution in [0.25, 0.3) is 0 Å². The average molecular weight is 478 g/mol. The van der Waals surface area contributed by atoms with Gasteiger partial charge in [0.25, 0.3) is 5.91 Å². The zero-order valence-corrected chi connectivity index (χ0v) is 19.2. The van der Waals surface area contributed by atoms with Crippen molar-refractivity contribution in [2.75, 3.05) is 31.5 Å². The molecule has 0 aliphatic carbocycles. The summed E-state index contributed by atoms with van der Waals surface area (Å²) >= 11 is 12.0. The Balaban J connectivity index is 1.31. The van der Waals surface area contributed by atoms with Crippen LogP contribution in [0.3, 0.4) is 0 Å². The molecule has 1 unspecified atom stereocenters. The fourth-order valence-corrected chi connectivity index (χ4v) is 4.76. The first kappa shape index (κ1) is 22.9. The summed E-state index contributed by atoms with van der Waals surface area (Å²) in [7, 11) is 0. The molecule has 8 heteroatoms. The van der Waals surface area contributed by atoms with E-state index in [4.69, 9.17) is 23.2 Å². The third-order valence-electron chi connectivity index (χ3n) is 6.25. The molecule has 32 heavy (non-hydrogen) atoms. The first-order chi connectivity index (χ1) is 15.4. The molecule has 2 aliphatic heterocycles. The van der Waals surface area contributed by atoms with E-state index in [2.05, 4.69) is 5.32 Å². The first-order valence-corrected chi connectivity index (χ1v) is 11.7. The smallest absolute Gasteiger partial charge is 0.253 e. The van der Waals surface area contributed by atoms with Crippen molar-refractivity contribution < 1.29 is 14.0 Å². The number of rotatable bonds is 4. The maximum Gasteiger partial charge on any atom is 0.253 e. The van der Waals surface area contributed by atoms with E-state index in [9.17, 15) is 14.0 Å². The van der Waals surface area contributed by atoms with Gasteiger partial charge in [-0.25, -0.2) is 4.39 Å². The van der Waals surface area contributed by atoms with Crippen LogP contribution in [-0.4, -0.2) is 53.8 Å². The molecule has 0 bridgehead atoms. The lowest BCUT2D eigenvalue weighted by Gasteiger charge is -2.38. The van der Waals surface area contributed by atoms with Crippen LogP contribution in [0.5, 0.6) is 0 Å². The monoisotopic (exact) mass is 477 g/mol. The molecule has 0 saturated carbocycles. The molecule has 5 nitrogen and oxygen atoms in total. The Morgan fingerprint density at radius 3 is 2.31 bits per heavy atom. The van der Waals surface area contributed by atoms with Gasteiger partial charge in [0.15, 0.2) is 0 Å². The summed E-state index contributed by atoms with van der Waals surface area (Å²) in [5.74, 6) is -0.438. The molecule has 0 radical (unpaired) electrons. The highest BCUT2D eigenvalue weighted by atomic mass is 35.5. The minimum Gasteiger partial charge on any atom is -0.382 e. The molecular weight excluding hydrogens is 452 g/mol. The van der Waals surface area contributed by atoms with E-state index < -0.39 is 0 Å². The lowest BCUT2D eigenvalue weighted by molar-refractivity contribution is -0.137. The van der Waals surface area contributed by atoms with Crippen molar-refractivity contribution in [1.29, 1.82) is 0 Å². The lowest BCUT2D eigenvalue weighted by atomic mass is 9.94. The fraction of sp³-hybridized carbons (Fsp3) is 0.417. The summed E-state index contributed by atoms with van der Waals surface area (Å²) in [5, 5.41) is 4.17. The third kappa shape index (κ3) is 5.36. The van der Waals surface area contributed by atoms with Gasteiger partial charge in [0, 0.05) is 43.5 Å². The van der Waals surface area contributed by atoms with E-state index in [1.54, 1.807) is 35.2 Å². The number of piperidine rings is 2. The number of hydrogen-bond acceptors (Lipinski definition) is 3. The number of likely N-dealkylation sites (tertiary alicyclic amines) is 2. The van der Waals surface area contributed by atoms with Crippen LogP contribution in [0.2, 0.25) is 10.0 Å². The van der Waals surface area contributed by atoms with Crippen LogP contribution in [-0.2, 0) is 4.79 Å². The van der Waals surface area contributed by atoms with Crippen LogP contribution in [0.4, 0.5) is 10.1 Å². The van der Waals surface area contributed by atoms with E-state index in [0.717, 1.165) is 31.4 Å². The molecule has 1 N–H and O–H groups in total. The average Bonchev–Trinajstić information content (AvgIpc) is 2.82. The number of benzene rings is 2. The van der Waals surface area contributed by atoms with Gasteiger partial charge in [0.1, 0.15) is 5.82 Å². The molecule has 2 heterocycles. The van der Waals surface area contributed by atoms with Gasteiger partial charge >= 0.3 is 0 Å². The summed E-state index contributed by atoms with van der Waals surface area (Å²) in [5.41, 5.74) is 1.38. The molecule has 0 aromatic heterocycles. The highest BCUT2D eigenvalue weighted by molar-refractivity contribution is 6.42. The van der Waals surface area contributed by atoms with Crippen LogP contribution in [0.1, 0.15) is 36.0 Å². The normalized spacial score (nSPS) is 19.7. The van der Waals surface area contributed by atoms with E-state index in [0.29, 0.717) is 41.8 Å². The number of nitrogens with one attached hydrogen (secondary N) is 1. The van der Waals surface area contributed by atoms with E-state index in [-0.39, 0.29) is 29.6 Å². The van der Waals surface area contributed by atoms with Gasteiger partial charge in [-0.3, -0.25) is 9.59 Å². The van der Waals surface area contributed by atoms with Gasteiger partial charge in [-0.2, -0.15) is 0 Å². The lowest BCUT2D eigenvalue weighted by Crippen LogP contribution is -2.49. The maximum atomic E-state index is 13.1. The van der Waals surface area contributed by atoms with Crippen molar-refractivity contribution in [3.63, 3.8) is 0 Å². The minimum absolute atomic E-state index is 0.122. The van der Waals surface area contributed by atoms with Crippen molar-refractivity contribution in [3.05, 3.63) is 63.9 Å². The SMILES string of the molecule is O=C(c1ccc(Cl)c(Cl)c1)N1CCCC(C(=O)N2CCC(Nc3ccc(F)cc3)CC2)C1. The molecule has 2 aromatic rings. The van der Waals surface area contributed by atoms with Gasteiger partial charge in [0.2, 0.25) is 5.91 Å². The highest BCUT2D eigenvalue weighted by Crippen LogP contribution is 2.26. The predicted octanol–water partition coefficient (Wildman–Crippen LogP) is 5.09. The standard InChI is InChI=1S/C24H26Cl2FN3O2/c25-21-8-3-16(14-22(21)26)23(31)30-11-1-2-17(15-30)24(32)29-12-9-20(10-13-29)28-19-6-4-18(27)5-7-19/h3-8,14,17,20,28H,1-2,9-13,15H2. The Labute approximate surface area is 197 Å². The Bertz CT molecular complexity index is 978. The Kier molecular flexibility index (Phi) is 7.21. The van der Waals surface area contributed by atoms with Crippen LogP contribution in [0, 0.1) is 11.7 Å². The molecule has 170 valence electrons. The van der Waals surface area contributed by atoms with Crippen LogP contribution < -0.4 is 5.32 Å². The van der Waals surface area contributed by atoms with E-state index in [1.807, 2.05) is 4.90 Å². The first-order valence-electron chi connectivity index (χ1n) is 11.0. The molecule has 2 aliphatic rings. The second kappa shape index (κ2) is 10.1. The topological polar surface area (TPSA) is 52.7 Å². The zero-order valence-electron chi connectivity index (χ0n) is 17.7. The third-order valence-corrected chi connectivity index (χ3v) is 6.99. The second-order valence-electron chi connectivity index (χ2n) is 8.47. The van der Waals surface area contributed by atoms with Crippen molar-refractivity contribution >= 4 is 40.7 Å². The van der Waals surface area contributed by atoms with Crippen molar-refractivity contribution in [3.8, 4) is 0 Å². The van der Waals surface area contributed by atoms with Crippen molar-refractivity contribution in [2.45, 2.75) is 31.7 Å². The summed E-state index contributed by atoms with van der Waals surface area (Å²) in [4.78, 5) is 29.7. The quantitative estimate of drug-likeness (QED) is 0.667.